The minimum atomic E-state index is 0.223. The van der Waals surface area contributed by atoms with Gasteiger partial charge < -0.3 is 10.1 Å². The fourth-order valence-electron chi connectivity index (χ4n) is 3.37. The highest BCUT2D eigenvalue weighted by molar-refractivity contribution is 5.46. The van der Waals surface area contributed by atoms with Gasteiger partial charge in [0.05, 0.1) is 5.60 Å². The monoisotopic (exact) mass is 273 g/mol. The smallest absolute Gasteiger partial charge is 0.0702 e. The predicted molar refractivity (Wildman–Crippen MR) is 84.3 cm³/mol. The van der Waals surface area contributed by atoms with Gasteiger partial charge in [0.15, 0.2) is 0 Å². The molecule has 1 aliphatic carbocycles. The number of rotatable bonds is 2. The molecule has 2 nitrogen and oxygen atoms in total. The van der Waals surface area contributed by atoms with Crippen molar-refractivity contribution in [3.63, 3.8) is 0 Å². The van der Waals surface area contributed by atoms with Gasteiger partial charge in [0.2, 0.25) is 0 Å². The SMILES string of the molecule is CC(C)(C)c1ccc(NC2CCOC3(CCC3)C2)cc1. The molecule has 1 atom stereocenters. The number of hydrogen-bond acceptors (Lipinski definition) is 2. The van der Waals surface area contributed by atoms with Crippen molar-refractivity contribution >= 4 is 5.69 Å². The minimum Gasteiger partial charge on any atom is -0.382 e. The highest BCUT2D eigenvalue weighted by Gasteiger charge is 2.42. The third-order valence-corrected chi connectivity index (χ3v) is 4.88. The molecule has 1 heterocycles. The maximum Gasteiger partial charge on any atom is 0.0702 e. The van der Waals surface area contributed by atoms with Gasteiger partial charge in [-0.2, -0.15) is 0 Å². The van der Waals surface area contributed by atoms with Crippen LogP contribution in [0.2, 0.25) is 0 Å². The Morgan fingerprint density at radius 2 is 1.85 bits per heavy atom. The van der Waals surface area contributed by atoms with E-state index in [0.29, 0.717) is 6.04 Å². The van der Waals surface area contributed by atoms with Crippen molar-refractivity contribution in [2.45, 2.75) is 69.9 Å². The first-order valence-corrected chi connectivity index (χ1v) is 7.98. The van der Waals surface area contributed by atoms with Crippen LogP contribution in [0.15, 0.2) is 24.3 Å². The Morgan fingerprint density at radius 1 is 1.15 bits per heavy atom. The van der Waals surface area contributed by atoms with Gasteiger partial charge in [-0.15, -0.1) is 0 Å². The Morgan fingerprint density at radius 3 is 2.40 bits per heavy atom. The molecule has 1 unspecified atom stereocenters. The summed E-state index contributed by atoms with van der Waals surface area (Å²) in [5.74, 6) is 0. The van der Waals surface area contributed by atoms with E-state index < -0.39 is 0 Å². The van der Waals surface area contributed by atoms with Crippen LogP contribution in [-0.2, 0) is 10.2 Å². The molecule has 0 radical (unpaired) electrons. The molecule has 2 fully saturated rings. The Kier molecular flexibility index (Phi) is 3.53. The maximum absolute atomic E-state index is 5.99. The van der Waals surface area contributed by atoms with E-state index in [4.69, 9.17) is 4.74 Å². The first-order valence-electron chi connectivity index (χ1n) is 7.98. The molecule has 2 heteroatoms. The van der Waals surface area contributed by atoms with E-state index >= 15 is 0 Å². The number of ether oxygens (including phenoxy) is 1. The molecule has 0 aromatic heterocycles. The zero-order valence-electron chi connectivity index (χ0n) is 13.0. The molecule has 110 valence electrons. The van der Waals surface area contributed by atoms with Crippen molar-refractivity contribution in [3.8, 4) is 0 Å². The van der Waals surface area contributed by atoms with Gasteiger partial charge >= 0.3 is 0 Å². The summed E-state index contributed by atoms with van der Waals surface area (Å²) in [6.45, 7) is 7.69. The largest absolute Gasteiger partial charge is 0.382 e. The zero-order valence-corrected chi connectivity index (χ0v) is 13.0. The Balaban J connectivity index is 1.63. The summed E-state index contributed by atoms with van der Waals surface area (Å²) in [5, 5.41) is 3.70. The van der Waals surface area contributed by atoms with Crippen LogP contribution in [0.5, 0.6) is 0 Å². The van der Waals surface area contributed by atoms with Gasteiger partial charge in [0, 0.05) is 18.3 Å². The van der Waals surface area contributed by atoms with Gasteiger partial charge in [-0.3, -0.25) is 0 Å². The molecule has 1 spiro atoms. The van der Waals surface area contributed by atoms with E-state index in [0.717, 1.165) is 13.0 Å². The van der Waals surface area contributed by atoms with Crippen LogP contribution in [0.25, 0.3) is 0 Å². The quantitative estimate of drug-likeness (QED) is 0.856. The van der Waals surface area contributed by atoms with Gasteiger partial charge in [-0.25, -0.2) is 0 Å². The van der Waals surface area contributed by atoms with Gasteiger partial charge in [-0.05, 0) is 55.2 Å². The van der Waals surface area contributed by atoms with Gasteiger partial charge in [0.25, 0.3) is 0 Å². The molecule has 2 aliphatic rings. The Bertz CT molecular complexity index is 453. The molecule has 0 bridgehead atoms. The first-order chi connectivity index (χ1) is 9.47. The van der Waals surface area contributed by atoms with E-state index in [1.807, 2.05) is 0 Å². The van der Waals surface area contributed by atoms with Crippen molar-refractivity contribution in [2.24, 2.45) is 0 Å². The van der Waals surface area contributed by atoms with E-state index in [9.17, 15) is 0 Å². The van der Waals surface area contributed by atoms with Crippen LogP contribution in [0.3, 0.4) is 0 Å². The maximum atomic E-state index is 5.99. The van der Waals surface area contributed by atoms with E-state index in [2.05, 4.69) is 50.4 Å². The summed E-state index contributed by atoms with van der Waals surface area (Å²) in [6.07, 6.45) is 6.16. The second-order valence-corrected chi connectivity index (χ2v) is 7.55. The predicted octanol–water partition coefficient (Wildman–Crippen LogP) is 4.50. The van der Waals surface area contributed by atoms with Crippen molar-refractivity contribution in [1.29, 1.82) is 0 Å². The van der Waals surface area contributed by atoms with Crippen LogP contribution in [0, 0.1) is 0 Å². The van der Waals surface area contributed by atoms with Crippen LogP contribution in [0.1, 0.15) is 58.4 Å². The summed E-state index contributed by atoms with van der Waals surface area (Å²) in [7, 11) is 0. The lowest BCUT2D eigenvalue weighted by Crippen LogP contribution is -2.49. The second-order valence-electron chi connectivity index (χ2n) is 7.55. The molecule has 1 N–H and O–H groups in total. The Labute approximate surface area is 122 Å². The van der Waals surface area contributed by atoms with E-state index in [1.54, 1.807) is 0 Å². The normalized spacial score (nSPS) is 25.2. The van der Waals surface area contributed by atoms with Crippen LogP contribution in [0.4, 0.5) is 5.69 Å². The molecular formula is C18H27NO. The molecule has 0 amide bonds. The number of benzene rings is 1. The summed E-state index contributed by atoms with van der Waals surface area (Å²) in [5.41, 5.74) is 3.10. The number of nitrogens with one attached hydrogen (secondary N) is 1. The van der Waals surface area contributed by atoms with Crippen LogP contribution >= 0.6 is 0 Å². The lowest BCUT2D eigenvalue weighted by Gasteiger charge is -2.47. The fourth-order valence-corrected chi connectivity index (χ4v) is 3.37. The summed E-state index contributed by atoms with van der Waals surface area (Å²) < 4.78 is 5.99. The van der Waals surface area contributed by atoms with Crippen LogP contribution in [-0.4, -0.2) is 18.2 Å². The lowest BCUT2D eigenvalue weighted by atomic mass is 9.74. The average Bonchev–Trinajstić information content (AvgIpc) is 2.37. The zero-order chi connectivity index (χ0) is 14.2. The third-order valence-electron chi connectivity index (χ3n) is 4.88. The summed E-state index contributed by atoms with van der Waals surface area (Å²) >= 11 is 0. The van der Waals surface area contributed by atoms with E-state index in [1.165, 1.54) is 36.9 Å². The molecule has 1 aromatic rings. The number of anilines is 1. The topological polar surface area (TPSA) is 21.3 Å². The van der Waals surface area contributed by atoms with Crippen molar-refractivity contribution in [3.05, 3.63) is 29.8 Å². The molecular weight excluding hydrogens is 246 g/mol. The van der Waals surface area contributed by atoms with Crippen LogP contribution < -0.4 is 5.32 Å². The Hall–Kier alpha value is -1.02. The van der Waals surface area contributed by atoms with Crippen molar-refractivity contribution in [1.82, 2.24) is 0 Å². The average molecular weight is 273 g/mol. The molecule has 1 saturated heterocycles. The molecule has 1 saturated carbocycles. The lowest BCUT2D eigenvalue weighted by molar-refractivity contribution is -0.130. The molecule has 1 aromatic carbocycles. The highest BCUT2D eigenvalue weighted by atomic mass is 16.5. The number of hydrogen-bond donors (Lipinski definition) is 1. The summed E-state index contributed by atoms with van der Waals surface area (Å²) in [4.78, 5) is 0. The minimum absolute atomic E-state index is 0.223. The van der Waals surface area contributed by atoms with E-state index in [-0.39, 0.29) is 11.0 Å². The highest BCUT2D eigenvalue weighted by Crippen LogP contribution is 2.42. The second kappa shape index (κ2) is 5.07. The summed E-state index contributed by atoms with van der Waals surface area (Å²) in [6, 6.07) is 9.53. The third kappa shape index (κ3) is 2.85. The van der Waals surface area contributed by atoms with Crippen molar-refractivity contribution in [2.75, 3.05) is 11.9 Å². The standard InChI is InChI=1S/C18H27NO/c1-17(2,3)14-5-7-15(8-6-14)19-16-9-12-20-18(13-16)10-4-11-18/h5-8,16,19H,4,9-13H2,1-3H3. The van der Waals surface area contributed by atoms with Gasteiger partial charge in [0.1, 0.15) is 0 Å². The fraction of sp³-hybridized carbons (Fsp3) is 0.667. The first kappa shape index (κ1) is 13.9. The molecule has 1 aliphatic heterocycles. The molecule has 20 heavy (non-hydrogen) atoms. The molecule has 3 rings (SSSR count). The van der Waals surface area contributed by atoms with Gasteiger partial charge in [-0.1, -0.05) is 32.9 Å². The van der Waals surface area contributed by atoms with Crippen molar-refractivity contribution < 1.29 is 4.74 Å².